The van der Waals surface area contributed by atoms with Crippen LogP contribution in [0.1, 0.15) is 19.3 Å². The zero-order chi connectivity index (χ0) is 15.6. The quantitative estimate of drug-likeness (QED) is 0.682. The van der Waals surface area contributed by atoms with E-state index in [1.54, 1.807) is 0 Å². The summed E-state index contributed by atoms with van der Waals surface area (Å²) in [4.78, 5) is 22.3. The molecule has 0 bridgehead atoms. The van der Waals surface area contributed by atoms with Crippen molar-refractivity contribution in [1.29, 1.82) is 0 Å². The van der Waals surface area contributed by atoms with E-state index in [0.29, 0.717) is 12.8 Å². The number of carboxylic acid groups (broad SMARTS) is 1. The Balaban J connectivity index is 2.22. The van der Waals surface area contributed by atoms with Crippen molar-refractivity contribution >= 4 is 17.3 Å². The van der Waals surface area contributed by atoms with Gasteiger partial charge >= 0.3 is 5.97 Å². The van der Waals surface area contributed by atoms with Crippen LogP contribution in [-0.2, 0) is 4.79 Å². The molecule has 0 saturated carbocycles. The number of aliphatic carboxylic acids is 1. The van der Waals surface area contributed by atoms with E-state index in [0.717, 1.165) is 12.1 Å². The van der Waals surface area contributed by atoms with Crippen LogP contribution in [0.25, 0.3) is 0 Å². The highest BCUT2D eigenvalue weighted by atomic mass is 19.2. The Kier molecular flexibility index (Phi) is 4.35. The summed E-state index contributed by atoms with van der Waals surface area (Å²) in [5.74, 6) is -3.32. The molecule has 0 aromatic heterocycles. The van der Waals surface area contributed by atoms with Gasteiger partial charge in [0.2, 0.25) is 0 Å². The lowest BCUT2D eigenvalue weighted by Gasteiger charge is -2.32. The van der Waals surface area contributed by atoms with Crippen molar-refractivity contribution in [2.75, 3.05) is 18.0 Å². The number of hydrogen-bond donors (Lipinski definition) is 1. The van der Waals surface area contributed by atoms with Gasteiger partial charge in [-0.15, -0.1) is 0 Å². The van der Waals surface area contributed by atoms with Gasteiger partial charge in [-0.3, -0.25) is 14.9 Å². The molecule has 1 heterocycles. The molecule has 0 atom stereocenters. The molecule has 1 aliphatic heterocycles. The van der Waals surface area contributed by atoms with Crippen molar-refractivity contribution in [1.82, 2.24) is 0 Å². The van der Waals surface area contributed by atoms with Gasteiger partial charge in [0.25, 0.3) is 5.69 Å². The molecule has 1 fully saturated rings. The Morgan fingerprint density at radius 1 is 1.38 bits per heavy atom. The molecular weight excluding hydrogens is 286 g/mol. The van der Waals surface area contributed by atoms with Crippen molar-refractivity contribution in [3.8, 4) is 0 Å². The molecule has 6 nitrogen and oxygen atoms in total. The van der Waals surface area contributed by atoms with Crippen LogP contribution in [0.15, 0.2) is 12.1 Å². The number of anilines is 1. The molecule has 114 valence electrons. The normalized spacial score (nSPS) is 16.0. The van der Waals surface area contributed by atoms with E-state index < -0.39 is 28.2 Å². The molecule has 1 aromatic carbocycles. The van der Waals surface area contributed by atoms with Crippen LogP contribution < -0.4 is 4.90 Å². The smallest absolute Gasteiger partial charge is 0.303 e. The number of halogens is 2. The van der Waals surface area contributed by atoms with Crippen LogP contribution in [0, 0.1) is 27.7 Å². The van der Waals surface area contributed by atoms with Crippen molar-refractivity contribution in [3.63, 3.8) is 0 Å². The Hall–Kier alpha value is -2.25. The van der Waals surface area contributed by atoms with Gasteiger partial charge in [0.15, 0.2) is 17.3 Å². The highest BCUT2D eigenvalue weighted by molar-refractivity contribution is 5.67. The van der Waals surface area contributed by atoms with Crippen molar-refractivity contribution < 1.29 is 23.6 Å². The van der Waals surface area contributed by atoms with Gasteiger partial charge in [-0.25, -0.2) is 8.78 Å². The van der Waals surface area contributed by atoms with E-state index in [4.69, 9.17) is 5.11 Å². The van der Waals surface area contributed by atoms with Crippen molar-refractivity contribution in [2.24, 2.45) is 5.92 Å². The largest absolute Gasteiger partial charge is 0.481 e. The molecule has 21 heavy (non-hydrogen) atoms. The molecule has 0 amide bonds. The van der Waals surface area contributed by atoms with Crippen LogP contribution in [0.2, 0.25) is 0 Å². The number of hydrogen-bond acceptors (Lipinski definition) is 4. The lowest BCUT2D eigenvalue weighted by molar-refractivity contribution is -0.384. The van der Waals surface area contributed by atoms with Crippen LogP contribution in [0.5, 0.6) is 0 Å². The molecule has 2 rings (SSSR count). The fourth-order valence-corrected chi connectivity index (χ4v) is 2.59. The number of carbonyl (C=O) groups is 1. The lowest BCUT2D eigenvalue weighted by Crippen LogP contribution is -2.35. The van der Waals surface area contributed by atoms with E-state index in [1.807, 2.05) is 0 Å². The molecule has 1 saturated heterocycles. The fraction of sp³-hybridized carbons (Fsp3) is 0.462. The molecule has 0 unspecified atom stereocenters. The SMILES string of the molecule is O=C(O)CC1CCN(c2c([N+](=O)[O-])ccc(F)c2F)CC1. The first kappa shape index (κ1) is 15.1. The van der Waals surface area contributed by atoms with E-state index in [1.165, 1.54) is 4.90 Å². The van der Waals surface area contributed by atoms with E-state index in [2.05, 4.69) is 0 Å². The van der Waals surface area contributed by atoms with Crippen LogP contribution in [0.4, 0.5) is 20.2 Å². The van der Waals surface area contributed by atoms with Gasteiger partial charge in [0.05, 0.1) is 4.92 Å². The minimum absolute atomic E-state index is 0.0154. The maximum Gasteiger partial charge on any atom is 0.303 e. The topological polar surface area (TPSA) is 83.7 Å². The molecule has 1 N–H and O–H groups in total. The highest BCUT2D eigenvalue weighted by Gasteiger charge is 2.30. The summed E-state index contributed by atoms with van der Waals surface area (Å²) in [5.41, 5.74) is -0.834. The Morgan fingerprint density at radius 2 is 2.00 bits per heavy atom. The molecule has 1 aromatic rings. The van der Waals surface area contributed by atoms with Crippen molar-refractivity contribution in [2.45, 2.75) is 19.3 Å². The summed E-state index contributed by atoms with van der Waals surface area (Å²) >= 11 is 0. The minimum atomic E-state index is -1.24. The van der Waals surface area contributed by atoms with E-state index >= 15 is 0 Å². The Morgan fingerprint density at radius 3 is 2.52 bits per heavy atom. The van der Waals surface area contributed by atoms with Crippen LogP contribution in [0.3, 0.4) is 0 Å². The van der Waals surface area contributed by atoms with Crippen LogP contribution in [-0.4, -0.2) is 29.1 Å². The molecular formula is C13H14F2N2O4. The lowest BCUT2D eigenvalue weighted by atomic mass is 9.93. The summed E-state index contributed by atoms with van der Waals surface area (Å²) in [6.07, 6.45) is 0.959. The first-order valence-corrected chi connectivity index (χ1v) is 6.49. The van der Waals surface area contributed by atoms with E-state index in [9.17, 15) is 23.7 Å². The maximum absolute atomic E-state index is 13.9. The second-order valence-corrected chi connectivity index (χ2v) is 5.01. The number of nitrogens with zero attached hydrogens (tertiary/aromatic N) is 2. The summed E-state index contributed by atoms with van der Waals surface area (Å²) in [5, 5.41) is 19.7. The molecule has 8 heteroatoms. The van der Waals surface area contributed by atoms with E-state index in [-0.39, 0.29) is 31.1 Å². The first-order chi connectivity index (χ1) is 9.90. The number of carboxylic acids is 1. The molecule has 0 spiro atoms. The van der Waals surface area contributed by atoms with Crippen LogP contribution >= 0.6 is 0 Å². The third kappa shape index (κ3) is 3.26. The fourth-order valence-electron chi connectivity index (χ4n) is 2.59. The first-order valence-electron chi connectivity index (χ1n) is 6.49. The van der Waals surface area contributed by atoms with Gasteiger partial charge in [-0.2, -0.15) is 0 Å². The number of rotatable bonds is 4. The summed E-state index contributed by atoms with van der Waals surface area (Å²) in [7, 11) is 0. The average molecular weight is 300 g/mol. The predicted octanol–water partition coefficient (Wildman–Crippen LogP) is 2.56. The molecule has 0 radical (unpaired) electrons. The highest BCUT2D eigenvalue weighted by Crippen LogP contribution is 2.35. The monoisotopic (exact) mass is 300 g/mol. The van der Waals surface area contributed by atoms with Gasteiger partial charge in [-0.05, 0) is 24.8 Å². The Bertz CT molecular complexity index is 572. The number of nitro benzene ring substituents is 1. The minimum Gasteiger partial charge on any atom is -0.481 e. The van der Waals surface area contributed by atoms with Crippen molar-refractivity contribution in [3.05, 3.63) is 33.9 Å². The predicted molar refractivity (Wildman–Crippen MR) is 70.2 cm³/mol. The van der Waals surface area contributed by atoms with Gasteiger partial charge in [0, 0.05) is 25.6 Å². The third-order valence-corrected chi connectivity index (χ3v) is 3.64. The molecule has 0 aliphatic carbocycles. The zero-order valence-corrected chi connectivity index (χ0v) is 11.1. The average Bonchev–Trinajstić information content (AvgIpc) is 2.42. The summed E-state index contributed by atoms with van der Waals surface area (Å²) in [6, 6.07) is 1.67. The number of piperidine rings is 1. The van der Waals surface area contributed by atoms with Gasteiger partial charge in [0.1, 0.15) is 0 Å². The van der Waals surface area contributed by atoms with Gasteiger partial charge in [-0.1, -0.05) is 0 Å². The summed E-state index contributed by atoms with van der Waals surface area (Å²) in [6.45, 7) is 0.526. The number of nitro groups is 1. The third-order valence-electron chi connectivity index (χ3n) is 3.64. The maximum atomic E-state index is 13.9. The van der Waals surface area contributed by atoms with Gasteiger partial charge < -0.3 is 10.0 Å². The zero-order valence-electron chi connectivity index (χ0n) is 11.1. The second kappa shape index (κ2) is 6.02. The Labute approximate surface area is 119 Å². The number of benzene rings is 1. The second-order valence-electron chi connectivity index (χ2n) is 5.01. The summed E-state index contributed by atoms with van der Waals surface area (Å²) < 4.78 is 27.2. The standard InChI is InChI=1S/C13H14F2N2O4/c14-9-1-2-10(17(20)21)13(12(9)15)16-5-3-8(4-6-16)7-11(18)19/h1-2,8H,3-7H2,(H,18,19). The molecule has 1 aliphatic rings.